The van der Waals surface area contributed by atoms with E-state index in [9.17, 15) is 24.9 Å². The van der Waals surface area contributed by atoms with Crippen molar-refractivity contribution >= 4 is 45.5 Å². The van der Waals surface area contributed by atoms with E-state index >= 15 is 0 Å². The molecule has 4 atom stereocenters. The number of anilines is 1. The van der Waals surface area contributed by atoms with Gasteiger partial charge in [-0.3, -0.25) is 0 Å². The molecule has 5 N–H and O–H groups in total. The smallest absolute Gasteiger partial charge is 0.349 e. The van der Waals surface area contributed by atoms with Gasteiger partial charge in [-0.15, -0.1) is 0 Å². The maximum Gasteiger partial charge on any atom is 0.349 e. The summed E-state index contributed by atoms with van der Waals surface area (Å²) in [5.41, 5.74) is 0.169. The molecule has 0 aliphatic heterocycles. The Morgan fingerprint density at radius 2 is 1.92 bits per heavy atom. The zero-order chi connectivity index (χ0) is 17.9. The van der Waals surface area contributed by atoms with Gasteiger partial charge in [0.05, 0.1) is 10.2 Å². The normalized spacial score (nSPS) is 16.4. The first-order valence-corrected chi connectivity index (χ1v) is 8.05. The van der Waals surface area contributed by atoms with Crippen LogP contribution in [0.5, 0.6) is 0 Å². The van der Waals surface area contributed by atoms with E-state index in [1.807, 2.05) is 22.6 Å². The molecule has 0 radical (unpaired) electrons. The van der Waals surface area contributed by atoms with Gasteiger partial charge in [0.25, 0.3) is 0 Å². The fourth-order valence-corrected chi connectivity index (χ4v) is 2.56. The summed E-state index contributed by atoms with van der Waals surface area (Å²) >= 11 is 1.86. The third-order valence-electron chi connectivity index (χ3n) is 3.47. The van der Waals surface area contributed by atoms with E-state index in [2.05, 4.69) is 5.32 Å². The third kappa shape index (κ3) is 4.11. The van der Waals surface area contributed by atoms with Gasteiger partial charge in [0, 0.05) is 17.1 Å². The molecule has 2 aromatic rings. The summed E-state index contributed by atoms with van der Waals surface area (Å²) in [6, 6.07) is 5.16. The van der Waals surface area contributed by atoms with Gasteiger partial charge in [-0.25, -0.2) is 4.79 Å². The van der Waals surface area contributed by atoms with Crippen molar-refractivity contribution in [2.45, 2.75) is 24.4 Å². The molecule has 1 aromatic heterocycles. The molecule has 8 nitrogen and oxygen atoms in total. The fraction of sp³-hybridized carbons (Fsp3) is 0.333. The quantitative estimate of drug-likeness (QED) is 0.216. The number of aldehydes is 1. The number of fused-ring (bicyclic) bond motifs is 1. The molecule has 1 heterocycles. The molecule has 0 aliphatic carbocycles. The second-order valence-electron chi connectivity index (χ2n) is 5.17. The van der Waals surface area contributed by atoms with E-state index in [0.717, 1.165) is 0 Å². The zero-order valence-corrected chi connectivity index (χ0v) is 14.5. The summed E-state index contributed by atoms with van der Waals surface area (Å²) in [6.07, 6.45) is -4.57. The van der Waals surface area contributed by atoms with Crippen molar-refractivity contribution in [3.8, 4) is 0 Å². The van der Waals surface area contributed by atoms with Gasteiger partial charge in [0.1, 0.15) is 36.2 Å². The summed E-state index contributed by atoms with van der Waals surface area (Å²) in [4.78, 5) is 22.7. The van der Waals surface area contributed by atoms with Crippen LogP contribution >= 0.6 is 22.6 Å². The molecule has 24 heavy (non-hydrogen) atoms. The van der Waals surface area contributed by atoms with Gasteiger partial charge in [-0.1, -0.05) is 0 Å². The van der Waals surface area contributed by atoms with E-state index in [-0.39, 0.29) is 0 Å². The van der Waals surface area contributed by atoms with Crippen molar-refractivity contribution in [3.63, 3.8) is 0 Å². The van der Waals surface area contributed by atoms with Crippen LogP contribution in [0.15, 0.2) is 33.5 Å². The van der Waals surface area contributed by atoms with Crippen molar-refractivity contribution in [2.24, 2.45) is 0 Å². The van der Waals surface area contributed by atoms with Crippen LogP contribution < -0.4 is 10.9 Å². The molecule has 0 saturated heterocycles. The maximum atomic E-state index is 11.6. The molecule has 0 fully saturated rings. The molecule has 2 rings (SSSR count). The second-order valence-corrected chi connectivity index (χ2v) is 6.33. The Hall–Kier alpha value is -1.53. The van der Waals surface area contributed by atoms with E-state index < -0.39 is 36.6 Å². The number of hydrogen-bond acceptors (Lipinski definition) is 8. The summed E-state index contributed by atoms with van der Waals surface area (Å²) in [5, 5.41) is 41.1. The monoisotopic (exact) mass is 449 g/mol. The minimum absolute atomic E-state index is 0.292. The summed E-state index contributed by atoms with van der Waals surface area (Å²) < 4.78 is 5.57. The lowest BCUT2D eigenvalue weighted by Gasteiger charge is -2.26. The topological polar surface area (TPSA) is 140 Å². The third-order valence-corrected chi connectivity index (χ3v) is 4.22. The predicted octanol–water partition coefficient (Wildman–Crippen LogP) is -0.548. The average Bonchev–Trinajstić information content (AvgIpc) is 2.58. The van der Waals surface area contributed by atoms with Gasteiger partial charge in [-0.05, 0) is 40.8 Å². The first-order chi connectivity index (χ1) is 11.4. The number of halogens is 1. The largest absolute Gasteiger partial charge is 0.422 e. The Balaban J connectivity index is 2.24. The summed E-state index contributed by atoms with van der Waals surface area (Å²) in [6.45, 7) is -0.760. The Labute approximate surface area is 149 Å². The highest BCUT2D eigenvalue weighted by molar-refractivity contribution is 14.1. The lowest BCUT2D eigenvalue weighted by molar-refractivity contribution is -0.117. The molecule has 9 heteroatoms. The minimum Gasteiger partial charge on any atom is -0.422 e. The number of nitrogens with one attached hydrogen (secondary N) is 1. The lowest BCUT2D eigenvalue weighted by atomic mass is 10.0. The average molecular weight is 449 g/mol. The molecular weight excluding hydrogens is 433 g/mol. The molecule has 0 bridgehead atoms. The molecule has 0 unspecified atom stereocenters. The number of rotatable bonds is 7. The van der Waals surface area contributed by atoms with Crippen LogP contribution in [0.1, 0.15) is 0 Å². The van der Waals surface area contributed by atoms with Crippen molar-refractivity contribution in [1.82, 2.24) is 0 Å². The van der Waals surface area contributed by atoms with Gasteiger partial charge in [0.2, 0.25) is 0 Å². The molecule has 130 valence electrons. The van der Waals surface area contributed by atoms with Gasteiger partial charge in [0.15, 0.2) is 0 Å². The maximum absolute atomic E-state index is 11.6. The number of aliphatic hydroxyl groups is 4. The van der Waals surface area contributed by atoms with Crippen molar-refractivity contribution < 1.29 is 29.6 Å². The van der Waals surface area contributed by atoms with Gasteiger partial charge < -0.3 is 35.0 Å². The lowest BCUT2D eigenvalue weighted by Crippen LogP contribution is -2.49. The molecular formula is C15H16INO7. The van der Waals surface area contributed by atoms with Crippen LogP contribution in [0.4, 0.5) is 5.69 Å². The highest BCUT2D eigenvalue weighted by atomic mass is 127. The molecule has 0 spiro atoms. The fourth-order valence-electron chi connectivity index (χ4n) is 2.12. The zero-order valence-electron chi connectivity index (χ0n) is 12.3. The van der Waals surface area contributed by atoms with E-state index in [1.165, 1.54) is 6.07 Å². The number of aliphatic hydroxyl groups excluding tert-OH is 4. The number of hydrogen-bond donors (Lipinski definition) is 5. The first-order valence-electron chi connectivity index (χ1n) is 6.97. The van der Waals surface area contributed by atoms with E-state index in [1.54, 1.807) is 18.2 Å². The number of carbonyl (C=O) groups excluding carboxylic acids is 1. The Morgan fingerprint density at radius 3 is 2.54 bits per heavy atom. The number of benzene rings is 1. The van der Waals surface area contributed by atoms with Crippen LogP contribution in [-0.4, -0.2) is 57.7 Å². The van der Waals surface area contributed by atoms with E-state index in [0.29, 0.717) is 26.5 Å². The number of carbonyl (C=O) groups is 1. The van der Waals surface area contributed by atoms with Crippen molar-refractivity contribution in [2.75, 3.05) is 11.9 Å². The van der Waals surface area contributed by atoms with Crippen LogP contribution in [0.3, 0.4) is 0 Å². The molecule has 0 amide bonds. The second kappa shape index (κ2) is 8.03. The van der Waals surface area contributed by atoms with Crippen LogP contribution in [0, 0.1) is 3.57 Å². The first kappa shape index (κ1) is 18.8. The molecule has 0 aliphatic rings. The van der Waals surface area contributed by atoms with Gasteiger partial charge in [-0.2, -0.15) is 0 Å². The highest BCUT2D eigenvalue weighted by Crippen LogP contribution is 2.20. The minimum atomic E-state index is -1.71. The van der Waals surface area contributed by atoms with E-state index in [4.69, 9.17) is 9.52 Å². The van der Waals surface area contributed by atoms with Crippen LogP contribution in [0.2, 0.25) is 0 Å². The standard InChI is InChI=1S/C15H16INO7/c16-9-3-7-1-2-8(4-12(7)24-15(9)23)17-10(5-18)13(21)14(22)11(20)6-19/h1-5,10-11,13-14,17,19-22H,6H2/t10-,11+,13+,14+/m1/s1. The Kier molecular flexibility index (Phi) is 6.29. The van der Waals surface area contributed by atoms with Crippen LogP contribution in [-0.2, 0) is 4.79 Å². The SMILES string of the molecule is O=C[C@@H](Nc1ccc2cc(I)c(=O)oc2c1)[C@H](O)[C@@H](O)[C@@H](O)CO. The molecule has 0 saturated carbocycles. The Morgan fingerprint density at radius 1 is 1.21 bits per heavy atom. The predicted molar refractivity (Wildman–Crippen MR) is 93.8 cm³/mol. The van der Waals surface area contributed by atoms with Gasteiger partial charge >= 0.3 is 5.63 Å². The molecule has 1 aromatic carbocycles. The Bertz CT molecular complexity index is 778. The summed E-state index contributed by atoms with van der Waals surface area (Å²) in [7, 11) is 0. The van der Waals surface area contributed by atoms with Crippen molar-refractivity contribution in [3.05, 3.63) is 38.3 Å². The van der Waals surface area contributed by atoms with Crippen LogP contribution in [0.25, 0.3) is 11.0 Å². The highest BCUT2D eigenvalue weighted by Gasteiger charge is 2.31. The van der Waals surface area contributed by atoms with Crippen molar-refractivity contribution in [1.29, 1.82) is 0 Å². The summed E-state index contributed by atoms with van der Waals surface area (Å²) in [5.74, 6) is 0.